The molecular formula is C30H30FeO4. The molecule has 0 bridgehead atoms. The van der Waals surface area contributed by atoms with Gasteiger partial charge in [0.2, 0.25) is 0 Å². The van der Waals surface area contributed by atoms with E-state index in [1.807, 2.05) is 0 Å². The number of rotatable bonds is 6. The number of benzene rings is 2. The fraction of sp³-hybridized carbons (Fsp3) is 0.533. The first kappa shape index (κ1) is 17.4. The Morgan fingerprint density at radius 1 is 0.686 bits per heavy atom. The SMILES string of the molecule is CC(=O)OC(c1ccccc1C)[C]12[CH]3[CH]4[CH]5[CH]1[Fe]45321678[CH]2[CH]1[CH]6[C]7(C(OC(C)=O)c1ccccc1C)[CH]28. The van der Waals surface area contributed by atoms with Crippen molar-refractivity contribution in [1.82, 2.24) is 0 Å². The van der Waals surface area contributed by atoms with E-state index in [4.69, 9.17) is 9.47 Å². The van der Waals surface area contributed by atoms with E-state index in [2.05, 4.69) is 62.4 Å². The summed E-state index contributed by atoms with van der Waals surface area (Å²) in [7, 11) is 0. The van der Waals surface area contributed by atoms with Crippen molar-refractivity contribution in [1.29, 1.82) is 0 Å². The molecule has 10 aliphatic rings. The Morgan fingerprint density at radius 2 is 1.03 bits per heavy atom. The molecule has 10 atom stereocenters. The number of hydrogen-bond acceptors (Lipinski definition) is 4. The van der Waals surface area contributed by atoms with E-state index in [9.17, 15) is 9.59 Å². The number of aryl methyl sites for hydroxylation is 2. The van der Waals surface area contributed by atoms with Crippen molar-refractivity contribution in [3.05, 3.63) is 70.8 Å². The number of ether oxygens (including phenoxy) is 2. The third kappa shape index (κ3) is 0.380. The van der Waals surface area contributed by atoms with E-state index in [1.165, 1.54) is 22.3 Å². The summed E-state index contributed by atoms with van der Waals surface area (Å²) in [6.45, 7) is 3.34. The standard InChI is InChI=1S/2C15H15O2.Fe/c2*1-11-7-3-6-10-14(11)15(17-12(2)16)13-8-4-5-9-13;/h2*3-10,15H,1-2H3;. The van der Waals surface area contributed by atoms with Gasteiger partial charge in [-0.15, -0.1) is 0 Å². The Balaban J connectivity index is 1.17. The molecule has 10 fully saturated rings. The fourth-order valence-corrected chi connectivity index (χ4v) is 98.2. The van der Waals surface area contributed by atoms with E-state index in [1.54, 1.807) is 13.8 Å². The third-order valence-electron chi connectivity index (χ3n) is 19.3. The monoisotopic (exact) mass is 510 g/mol. The Bertz CT molecular complexity index is 1780. The Kier molecular flexibility index (Phi) is 1.19. The Labute approximate surface area is 195 Å². The minimum absolute atomic E-state index is 0.0816. The molecule has 0 N–H and O–H groups in total. The molecule has 35 heavy (non-hydrogen) atoms. The van der Waals surface area contributed by atoms with Crippen LogP contribution in [-0.2, 0) is 25.6 Å². The summed E-state index contributed by atoms with van der Waals surface area (Å²) in [4.78, 5) is 32.5. The summed E-state index contributed by atoms with van der Waals surface area (Å²) in [6.07, 6.45) is -0.163. The molecule has 10 saturated heterocycles. The average molecular weight is 510 g/mol. The summed E-state index contributed by atoms with van der Waals surface area (Å²) in [6, 6.07) is 17.3. The first-order chi connectivity index (χ1) is 16.6. The first-order valence-electron chi connectivity index (χ1n) is 13.2. The summed E-state index contributed by atoms with van der Waals surface area (Å²) >= 11 is 0. The number of fused-ring (bicyclic) bond motifs is 10. The van der Waals surface area contributed by atoms with Gasteiger partial charge in [-0.2, -0.15) is 0 Å². The second kappa shape index (κ2) is 2.39. The van der Waals surface area contributed by atoms with Crippen LogP contribution in [-0.4, -0.2) is 11.9 Å². The van der Waals surface area contributed by atoms with Gasteiger partial charge < -0.3 is 0 Å². The molecule has 0 radical (unpaired) electrons. The molecule has 10 aliphatic heterocycles. The van der Waals surface area contributed by atoms with Crippen molar-refractivity contribution >= 4 is 11.9 Å². The molecule has 2 aromatic rings. The van der Waals surface area contributed by atoms with Crippen molar-refractivity contribution < 1.29 is 25.6 Å². The summed E-state index contributed by atoms with van der Waals surface area (Å²) in [5, 5.41) is 0. The quantitative estimate of drug-likeness (QED) is 0.301. The molecule has 0 saturated carbocycles. The predicted octanol–water partition coefficient (Wildman–Crippen LogP) is 7.34. The summed E-state index contributed by atoms with van der Waals surface area (Å²) < 4.78 is 13.4. The molecule has 0 aromatic heterocycles. The van der Waals surface area contributed by atoms with Gasteiger partial charge in [0, 0.05) is 0 Å². The molecule has 5 heteroatoms. The van der Waals surface area contributed by atoms with Gasteiger partial charge in [-0.3, -0.25) is 0 Å². The molecule has 0 amide bonds. The van der Waals surface area contributed by atoms with Crippen molar-refractivity contribution in [3.63, 3.8) is 0 Å². The number of hydrogen-bond donors (Lipinski definition) is 0. The van der Waals surface area contributed by atoms with Crippen LogP contribution in [0.5, 0.6) is 0 Å². The molecule has 4 nitrogen and oxygen atoms in total. The van der Waals surface area contributed by atoms with Crippen molar-refractivity contribution in [2.45, 2.75) is 87.1 Å². The van der Waals surface area contributed by atoms with Crippen molar-refractivity contribution in [2.24, 2.45) is 0 Å². The second-order valence-corrected chi connectivity index (χ2v) is 38.9. The maximum absolute atomic E-state index is 12.6. The van der Waals surface area contributed by atoms with Gasteiger partial charge in [0.15, 0.2) is 0 Å². The molecule has 0 aliphatic carbocycles. The third-order valence-corrected chi connectivity index (χ3v) is 62.6. The van der Waals surface area contributed by atoms with E-state index in [0.717, 1.165) is 38.5 Å². The van der Waals surface area contributed by atoms with Crippen LogP contribution in [0, 0.1) is 13.8 Å². The topological polar surface area (TPSA) is 52.6 Å². The zero-order valence-electron chi connectivity index (χ0n) is 20.4. The van der Waals surface area contributed by atoms with Crippen LogP contribution in [0.4, 0.5) is 0 Å². The van der Waals surface area contributed by atoms with Crippen LogP contribution < -0.4 is 0 Å². The number of carbonyl (C=O) groups excluding carboxylic acids is 2. The summed E-state index contributed by atoms with van der Waals surface area (Å²) in [5.41, 5.74) is 5.01. The molecule has 12 rings (SSSR count). The van der Waals surface area contributed by atoms with Gasteiger partial charge in [0.1, 0.15) is 0 Å². The van der Waals surface area contributed by atoms with E-state index >= 15 is 0 Å². The van der Waals surface area contributed by atoms with E-state index < -0.39 is 6.51 Å². The van der Waals surface area contributed by atoms with Gasteiger partial charge in [0.05, 0.1) is 0 Å². The minimum atomic E-state index is -4.22. The maximum atomic E-state index is 12.6. The van der Waals surface area contributed by atoms with Crippen LogP contribution in [0.1, 0.15) is 48.3 Å². The molecule has 2 aromatic carbocycles. The molecule has 182 valence electrons. The van der Waals surface area contributed by atoms with Crippen LogP contribution in [0.2, 0.25) is 47.2 Å². The zero-order valence-corrected chi connectivity index (χ0v) is 21.5. The van der Waals surface area contributed by atoms with Crippen LogP contribution in [0.3, 0.4) is 0 Å². The Hall–Kier alpha value is -2.10. The molecule has 10 heterocycles. The molecule has 1 spiro atoms. The van der Waals surface area contributed by atoms with Gasteiger partial charge in [-0.05, 0) is 0 Å². The van der Waals surface area contributed by atoms with Gasteiger partial charge in [0.25, 0.3) is 0 Å². The molecule has 10 unspecified atom stereocenters. The normalized spacial score (nSPS) is 67.4. The number of esters is 2. The average Bonchev–Trinajstić information content (AvgIpc) is 3.76. The van der Waals surface area contributed by atoms with Gasteiger partial charge in [-0.1, -0.05) is 0 Å². The Morgan fingerprint density at radius 3 is 1.31 bits per heavy atom. The molecular weight excluding hydrogens is 480 g/mol. The van der Waals surface area contributed by atoms with Gasteiger partial charge >= 0.3 is 195 Å². The van der Waals surface area contributed by atoms with Crippen molar-refractivity contribution in [2.75, 3.05) is 0 Å². The zero-order chi connectivity index (χ0) is 23.6. The van der Waals surface area contributed by atoms with E-state index in [0.29, 0.717) is 0 Å². The van der Waals surface area contributed by atoms with Crippen LogP contribution in [0.15, 0.2) is 48.5 Å². The van der Waals surface area contributed by atoms with Crippen LogP contribution >= 0.6 is 0 Å². The van der Waals surface area contributed by atoms with Crippen LogP contribution in [0.25, 0.3) is 0 Å². The first-order valence-corrected chi connectivity index (χ1v) is 19.4. The second-order valence-electron chi connectivity index (χ2n) is 15.6. The van der Waals surface area contributed by atoms with Crippen molar-refractivity contribution in [3.8, 4) is 0 Å². The predicted molar refractivity (Wildman–Crippen MR) is 127 cm³/mol. The van der Waals surface area contributed by atoms with Gasteiger partial charge in [-0.25, -0.2) is 0 Å². The van der Waals surface area contributed by atoms with E-state index in [-0.39, 0.29) is 32.8 Å². The summed E-state index contributed by atoms with van der Waals surface area (Å²) in [5.74, 6) is -0.280. The number of carbonyl (C=O) groups is 2. The fourth-order valence-electron chi connectivity index (χ4n) is 21.2.